The van der Waals surface area contributed by atoms with Gasteiger partial charge in [-0.2, -0.15) is 11.8 Å². The third-order valence-corrected chi connectivity index (χ3v) is 5.77. The second-order valence-electron chi connectivity index (χ2n) is 5.42. The number of aliphatic carboxylic acids is 1. The topological polar surface area (TPSA) is 37.3 Å². The monoisotopic (exact) mass is 312 g/mol. The minimum Gasteiger partial charge on any atom is -0.481 e. The Balaban J connectivity index is 1.90. The van der Waals surface area contributed by atoms with Crippen LogP contribution in [-0.4, -0.2) is 22.1 Å². The van der Waals surface area contributed by atoms with Crippen LogP contribution in [0.15, 0.2) is 24.3 Å². The summed E-state index contributed by atoms with van der Waals surface area (Å²) in [5.41, 5.74) is 0.936. The first kappa shape index (κ1) is 15.7. The first-order chi connectivity index (χ1) is 9.66. The SMILES string of the molecule is O=C(O)C(CSC1CCCCC1)Cc1ccccc1Cl. The first-order valence-corrected chi connectivity index (χ1v) is 8.67. The molecular formula is C16H21ClO2S. The lowest BCUT2D eigenvalue weighted by Crippen LogP contribution is -2.21. The highest BCUT2D eigenvalue weighted by Crippen LogP contribution is 2.30. The molecule has 2 rings (SSSR count). The van der Waals surface area contributed by atoms with E-state index in [9.17, 15) is 9.90 Å². The molecule has 1 aliphatic rings. The van der Waals surface area contributed by atoms with Gasteiger partial charge in [0.25, 0.3) is 0 Å². The number of carboxylic acid groups (broad SMARTS) is 1. The molecule has 0 radical (unpaired) electrons. The van der Waals surface area contributed by atoms with E-state index in [1.54, 1.807) is 0 Å². The molecule has 1 aliphatic carbocycles. The number of carbonyl (C=O) groups is 1. The Labute approximate surface area is 129 Å². The van der Waals surface area contributed by atoms with Crippen LogP contribution < -0.4 is 0 Å². The molecule has 1 aromatic rings. The molecule has 0 amide bonds. The van der Waals surface area contributed by atoms with Gasteiger partial charge in [-0.05, 0) is 30.9 Å². The quantitative estimate of drug-likeness (QED) is 0.830. The van der Waals surface area contributed by atoms with Gasteiger partial charge in [0.1, 0.15) is 0 Å². The van der Waals surface area contributed by atoms with Crippen molar-refractivity contribution in [2.45, 2.75) is 43.8 Å². The minimum atomic E-state index is -0.715. The summed E-state index contributed by atoms with van der Waals surface area (Å²) < 4.78 is 0. The second kappa shape index (κ2) is 7.94. The van der Waals surface area contributed by atoms with Crippen molar-refractivity contribution in [1.29, 1.82) is 0 Å². The van der Waals surface area contributed by atoms with E-state index >= 15 is 0 Å². The molecule has 1 unspecified atom stereocenters. The van der Waals surface area contributed by atoms with Crippen LogP contribution in [0.3, 0.4) is 0 Å². The molecule has 4 heteroatoms. The fourth-order valence-corrected chi connectivity index (χ4v) is 4.28. The molecule has 1 fully saturated rings. The molecule has 1 aromatic carbocycles. The van der Waals surface area contributed by atoms with E-state index in [2.05, 4.69) is 0 Å². The number of rotatable bonds is 6. The Morgan fingerprint density at radius 1 is 1.30 bits per heavy atom. The van der Waals surface area contributed by atoms with Crippen LogP contribution in [0.2, 0.25) is 5.02 Å². The number of hydrogen-bond acceptors (Lipinski definition) is 2. The van der Waals surface area contributed by atoms with Crippen molar-refractivity contribution in [2.75, 3.05) is 5.75 Å². The van der Waals surface area contributed by atoms with Gasteiger partial charge >= 0.3 is 5.97 Å². The summed E-state index contributed by atoms with van der Waals surface area (Å²) in [5, 5.41) is 10.7. The summed E-state index contributed by atoms with van der Waals surface area (Å²) in [6.45, 7) is 0. The molecule has 1 saturated carbocycles. The smallest absolute Gasteiger partial charge is 0.307 e. The van der Waals surface area contributed by atoms with Gasteiger partial charge in [0.15, 0.2) is 0 Å². The molecule has 20 heavy (non-hydrogen) atoms. The molecule has 0 bridgehead atoms. The number of hydrogen-bond donors (Lipinski definition) is 1. The maximum absolute atomic E-state index is 11.4. The average Bonchev–Trinajstić information content (AvgIpc) is 2.46. The Bertz CT molecular complexity index is 444. The molecule has 0 saturated heterocycles. The van der Waals surface area contributed by atoms with Crippen LogP contribution in [0.5, 0.6) is 0 Å². The van der Waals surface area contributed by atoms with Crippen molar-refractivity contribution < 1.29 is 9.90 Å². The molecular weight excluding hydrogens is 292 g/mol. The van der Waals surface area contributed by atoms with E-state index < -0.39 is 5.97 Å². The van der Waals surface area contributed by atoms with Crippen LogP contribution in [-0.2, 0) is 11.2 Å². The van der Waals surface area contributed by atoms with E-state index in [4.69, 9.17) is 11.6 Å². The Morgan fingerprint density at radius 2 is 2.00 bits per heavy atom. The van der Waals surface area contributed by atoms with Gasteiger partial charge in [-0.1, -0.05) is 49.1 Å². The lowest BCUT2D eigenvalue weighted by molar-refractivity contribution is -0.140. The summed E-state index contributed by atoms with van der Waals surface area (Å²) in [6.07, 6.45) is 6.92. The van der Waals surface area contributed by atoms with E-state index in [0.29, 0.717) is 22.4 Å². The Kier molecular flexibility index (Phi) is 6.24. The normalized spacial score (nSPS) is 17.9. The number of thioether (sulfide) groups is 1. The highest BCUT2D eigenvalue weighted by Gasteiger charge is 2.22. The van der Waals surface area contributed by atoms with Crippen LogP contribution in [0.1, 0.15) is 37.7 Å². The van der Waals surface area contributed by atoms with Crippen LogP contribution in [0, 0.1) is 5.92 Å². The molecule has 1 atom stereocenters. The summed E-state index contributed by atoms with van der Waals surface area (Å²) in [7, 11) is 0. The van der Waals surface area contributed by atoms with Gasteiger partial charge in [-0.15, -0.1) is 0 Å². The minimum absolute atomic E-state index is 0.346. The molecule has 1 N–H and O–H groups in total. The van der Waals surface area contributed by atoms with Crippen molar-refractivity contribution in [3.05, 3.63) is 34.9 Å². The zero-order valence-electron chi connectivity index (χ0n) is 11.6. The van der Waals surface area contributed by atoms with Crippen molar-refractivity contribution in [3.63, 3.8) is 0 Å². The summed E-state index contributed by atoms with van der Waals surface area (Å²) in [5.74, 6) is -0.374. The molecule has 2 nitrogen and oxygen atoms in total. The van der Waals surface area contributed by atoms with E-state index in [1.807, 2.05) is 36.0 Å². The zero-order valence-corrected chi connectivity index (χ0v) is 13.1. The lowest BCUT2D eigenvalue weighted by Gasteiger charge is -2.22. The van der Waals surface area contributed by atoms with E-state index in [0.717, 1.165) is 5.56 Å². The molecule has 0 aliphatic heterocycles. The van der Waals surface area contributed by atoms with Crippen molar-refractivity contribution in [1.82, 2.24) is 0 Å². The molecule has 0 spiro atoms. The maximum atomic E-state index is 11.4. The second-order valence-corrected chi connectivity index (χ2v) is 7.16. The average molecular weight is 313 g/mol. The Morgan fingerprint density at radius 3 is 2.65 bits per heavy atom. The predicted octanol–water partition coefficient (Wildman–Crippen LogP) is 4.65. The third kappa shape index (κ3) is 4.71. The number of benzene rings is 1. The number of carboxylic acids is 1. The zero-order chi connectivity index (χ0) is 14.4. The van der Waals surface area contributed by atoms with Gasteiger partial charge in [0.2, 0.25) is 0 Å². The van der Waals surface area contributed by atoms with Gasteiger partial charge < -0.3 is 5.11 Å². The summed E-state index contributed by atoms with van der Waals surface area (Å²) in [4.78, 5) is 11.4. The fraction of sp³-hybridized carbons (Fsp3) is 0.562. The molecule has 0 heterocycles. The van der Waals surface area contributed by atoms with Gasteiger partial charge in [-0.25, -0.2) is 0 Å². The van der Waals surface area contributed by atoms with Crippen LogP contribution in [0.25, 0.3) is 0 Å². The maximum Gasteiger partial charge on any atom is 0.307 e. The largest absolute Gasteiger partial charge is 0.481 e. The highest BCUT2D eigenvalue weighted by atomic mass is 35.5. The van der Waals surface area contributed by atoms with Crippen LogP contribution >= 0.6 is 23.4 Å². The van der Waals surface area contributed by atoms with Crippen molar-refractivity contribution >= 4 is 29.3 Å². The highest BCUT2D eigenvalue weighted by molar-refractivity contribution is 7.99. The van der Waals surface area contributed by atoms with Gasteiger partial charge in [-0.3, -0.25) is 4.79 Å². The standard InChI is InChI=1S/C16H21ClO2S/c17-15-9-5-4-6-12(15)10-13(16(18)19)11-20-14-7-2-1-3-8-14/h4-6,9,13-14H,1-3,7-8,10-11H2,(H,18,19). The third-order valence-electron chi connectivity index (χ3n) is 3.86. The lowest BCUT2D eigenvalue weighted by atomic mass is 10.0. The van der Waals surface area contributed by atoms with E-state index in [-0.39, 0.29) is 5.92 Å². The van der Waals surface area contributed by atoms with Crippen molar-refractivity contribution in [3.8, 4) is 0 Å². The van der Waals surface area contributed by atoms with Gasteiger partial charge in [0, 0.05) is 16.0 Å². The summed E-state index contributed by atoms with van der Waals surface area (Å²) in [6, 6.07) is 7.53. The Hall–Kier alpha value is -0.670. The van der Waals surface area contributed by atoms with Gasteiger partial charge in [0.05, 0.1) is 5.92 Å². The molecule has 110 valence electrons. The first-order valence-electron chi connectivity index (χ1n) is 7.24. The van der Waals surface area contributed by atoms with Crippen LogP contribution in [0.4, 0.5) is 0 Å². The summed E-state index contributed by atoms with van der Waals surface area (Å²) >= 11 is 7.96. The van der Waals surface area contributed by atoms with E-state index in [1.165, 1.54) is 32.1 Å². The molecule has 0 aromatic heterocycles. The van der Waals surface area contributed by atoms with Crippen molar-refractivity contribution in [2.24, 2.45) is 5.92 Å². The fourth-order valence-electron chi connectivity index (χ4n) is 2.63. The predicted molar refractivity (Wildman–Crippen MR) is 85.6 cm³/mol. The number of halogens is 1.